The number of hydrogen-bond acceptors (Lipinski definition) is 3. The highest BCUT2D eigenvalue weighted by atomic mass is 15.3. The van der Waals surface area contributed by atoms with Gasteiger partial charge in [-0.25, -0.2) is 0 Å². The van der Waals surface area contributed by atoms with Gasteiger partial charge in [-0.1, -0.05) is 12.2 Å². The van der Waals surface area contributed by atoms with Crippen molar-refractivity contribution in [3.63, 3.8) is 0 Å². The fourth-order valence-corrected chi connectivity index (χ4v) is 1.74. The van der Waals surface area contributed by atoms with E-state index in [1.165, 1.54) is 5.57 Å². The maximum absolute atomic E-state index is 5.51. The number of hydrogen-bond donors (Lipinski definition) is 1. The average Bonchev–Trinajstić information content (AvgIpc) is 2.08. The highest BCUT2D eigenvalue weighted by Crippen LogP contribution is 2.02. The minimum atomic E-state index is 0.778. The van der Waals surface area contributed by atoms with Gasteiger partial charge in [0.25, 0.3) is 0 Å². The van der Waals surface area contributed by atoms with Crippen LogP contribution in [0.4, 0.5) is 0 Å². The lowest BCUT2D eigenvalue weighted by atomic mass is 10.2. The molecule has 0 aromatic carbocycles. The van der Waals surface area contributed by atoms with Crippen molar-refractivity contribution in [2.24, 2.45) is 5.73 Å². The van der Waals surface area contributed by atoms with Crippen molar-refractivity contribution >= 4 is 0 Å². The van der Waals surface area contributed by atoms with Crippen molar-refractivity contribution in [2.45, 2.75) is 6.92 Å². The number of nitrogens with two attached hydrogens (primary N) is 1. The first-order chi connectivity index (χ1) is 6.22. The Bertz CT molecular complexity index is 160. The molecule has 76 valence electrons. The quantitative estimate of drug-likeness (QED) is 0.629. The zero-order valence-corrected chi connectivity index (χ0v) is 8.63. The molecule has 0 spiro atoms. The van der Waals surface area contributed by atoms with Crippen LogP contribution in [0.25, 0.3) is 0 Å². The van der Waals surface area contributed by atoms with E-state index in [1.807, 2.05) is 0 Å². The first-order valence-electron chi connectivity index (χ1n) is 5.01. The first kappa shape index (κ1) is 10.7. The molecule has 0 saturated carbocycles. The third-order valence-electron chi connectivity index (χ3n) is 2.40. The second-order valence-electron chi connectivity index (χ2n) is 3.86. The molecule has 1 rings (SSSR count). The van der Waals surface area contributed by atoms with Crippen molar-refractivity contribution < 1.29 is 0 Å². The van der Waals surface area contributed by atoms with Gasteiger partial charge < -0.3 is 5.73 Å². The van der Waals surface area contributed by atoms with Crippen molar-refractivity contribution in [1.82, 2.24) is 9.80 Å². The van der Waals surface area contributed by atoms with Crippen LogP contribution in [-0.2, 0) is 0 Å². The highest BCUT2D eigenvalue weighted by molar-refractivity contribution is 4.92. The van der Waals surface area contributed by atoms with Gasteiger partial charge >= 0.3 is 0 Å². The van der Waals surface area contributed by atoms with Crippen LogP contribution in [0.5, 0.6) is 0 Å². The molecule has 2 N–H and O–H groups in total. The molecule has 1 saturated heterocycles. The molecule has 0 amide bonds. The van der Waals surface area contributed by atoms with E-state index in [9.17, 15) is 0 Å². The van der Waals surface area contributed by atoms with Crippen molar-refractivity contribution in [3.05, 3.63) is 12.2 Å². The maximum Gasteiger partial charge on any atom is 0.0188 e. The van der Waals surface area contributed by atoms with Crippen LogP contribution in [0.3, 0.4) is 0 Å². The summed E-state index contributed by atoms with van der Waals surface area (Å²) in [6, 6.07) is 0. The van der Waals surface area contributed by atoms with Crippen molar-refractivity contribution in [2.75, 3.05) is 45.8 Å². The fourth-order valence-electron chi connectivity index (χ4n) is 1.74. The smallest absolute Gasteiger partial charge is 0.0188 e. The summed E-state index contributed by atoms with van der Waals surface area (Å²) in [5.41, 5.74) is 6.76. The summed E-state index contributed by atoms with van der Waals surface area (Å²) in [4.78, 5) is 4.88. The van der Waals surface area contributed by atoms with E-state index in [0.717, 1.165) is 45.8 Å². The third-order valence-corrected chi connectivity index (χ3v) is 2.40. The van der Waals surface area contributed by atoms with Gasteiger partial charge in [0.1, 0.15) is 0 Å². The summed E-state index contributed by atoms with van der Waals surface area (Å²) in [5.74, 6) is 0. The fraction of sp³-hybridized carbons (Fsp3) is 0.800. The Morgan fingerprint density at radius 2 is 1.77 bits per heavy atom. The second kappa shape index (κ2) is 5.37. The van der Waals surface area contributed by atoms with Crippen molar-refractivity contribution in [3.8, 4) is 0 Å². The van der Waals surface area contributed by atoms with Crippen molar-refractivity contribution in [1.29, 1.82) is 0 Å². The molecular weight excluding hydrogens is 162 g/mol. The summed E-state index contributed by atoms with van der Waals surface area (Å²) in [5, 5.41) is 0. The molecule has 13 heavy (non-hydrogen) atoms. The van der Waals surface area contributed by atoms with Gasteiger partial charge in [-0.3, -0.25) is 9.80 Å². The topological polar surface area (TPSA) is 32.5 Å². The molecule has 1 heterocycles. The Morgan fingerprint density at radius 3 is 2.23 bits per heavy atom. The molecule has 0 radical (unpaired) electrons. The normalized spacial score (nSPS) is 20.5. The molecule has 3 nitrogen and oxygen atoms in total. The summed E-state index contributed by atoms with van der Waals surface area (Å²) in [7, 11) is 0. The van der Waals surface area contributed by atoms with Gasteiger partial charge in [0, 0.05) is 45.8 Å². The van der Waals surface area contributed by atoms with Gasteiger partial charge in [-0.15, -0.1) is 0 Å². The molecule has 1 fully saturated rings. The highest BCUT2D eigenvalue weighted by Gasteiger charge is 2.15. The van der Waals surface area contributed by atoms with Crippen LogP contribution in [0.15, 0.2) is 12.2 Å². The summed E-state index contributed by atoms with van der Waals surface area (Å²) >= 11 is 0. The monoisotopic (exact) mass is 183 g/mol. The zero-order valence-electron chi connectivity index (χ0n) is 8.63. The Kier molecular flexibility index (Phi) is 4.42. The zero-order chi connectivity index (χ0) is 9.68. The molecule has 1 aliphatic heterocycles. The number of nitrogens with zero attached hydrogens (tertiary/aromatic N) is 2. The van der Waals surface area contributed by atoms with Crippen LogP contribution in [0.2, 0.25) is 0 Å². The van der Waals surface area contributed by atoms with E-state index in [2.05, 4.69) is 23.3 Å². The lowest BCUT2D eigenvalue weighted by Gasteiger charge is -2.34. The average molecular weight is 183 g/mol. The van der Waals surface area contributed by atoms with Gasteiger partial charge in [0.2, 0.25) is 0 Å². The van der Waals surface area contributed by atoms with E-state index >= 15 is 0 Å². The van der Waals surface area contributed by atoms with Crippen LogP contribution in [-0.4, -0.2) is 55.6 Å². The molecule has 0 aromatic rings. The maximum atomic E-state index is 5.51. The Balaban J connectivity index is 2.18. The summed E-state index contributed by atoms with van der Waals surface area (Å²) in [6.07, 6.45) is 0. The van der Waals surface area contributed by atoms with Gasteiger partial charge in [-0.05, 0) is 6.92 Å². The SMILES string of the molecule is C=C(C)CN1CCN(CCN)CC1. The Morgan fingerprint density at radius 1 is 1.23 bits per heavy atom. The van der Waals surface area contributed by atoms with E-state index in [1.54, 1.807) is 0 Å². The van der Waals surface area contributed by atoms with Crippen LogP contribution >= 0.6 is 0 Å². The van der Waals surface area contributed by atoms with Gasteiger partial charge in [0.15, 0.2) is 0 Å². The molecule has 1 aliphatic rings. The predicted molar refractivity (Wildman–Crippen MR) is 56.7 cm³/mol. The second-order valence-corrected chi connectivity index (χ2v) is 3.86. The molecule has 0 bridgehead atoms. The first-order valence-corrected chi connectivity index (χ1v) is 5.01. The van der Waals surface area contributed by atoms with Crippen LogP contribution < -0.4 is 5.73 Å². The van der Waals surface area contributed by atoms with E-state index in [0.29, 0.717) is 0 Å². The molecule has 0 atom stereocenters. The molecular formula is C10H21N3. The lowest BCUT2D eigenvalue weighted by Crippen LogP contribution is -2.47. The minimum absolute atomic E-state index is 0.778. The minimum Gasteiger partial charge on any atom is -0.329 e. The summed E-state index contributed by atoms with van der Waals surface area (Å²) in [6.45, 7) is 13.5. The van der Waals surface area contributed by atoms with E-state index in [4.69, 9.17) is 5.73 Å². The van der Waals surface area contributed by atoms with Crippen LogP contribution in [0, 0.1) is 0 Å². The standard InChI is InChI=1S/C10H21N3/c1-10(2)9-13-7-5-12(4-3-11)6-8-13/h1,3-9,11H2,2H3. The van der Waals surface area contributed by atoms with Crippen LogP contribution in [0.1, 0.15) is 6.92 Å². The molecule has 0 unspecified atom stereocenters. The van der Waals surface area contributed by atoms with Gasteiger partial charge in [-0.2, -0.15) is 0 Å². The Labute approximate surface area is 81.2 Å². The number of rotatable bonds is 4. The lowest BCUT2D eigenvalue weighted by molar-refractivity contribution is 0.143. The van der Waals surface area contributed by atoms with E-state index in [-0.39, 0.29) is 0 Å². The molecule has 0 aliphatic carbocycles. The molecule has 3 heteroatoms. The van der Waals surface area contributed by atoms with E-state index < -0.39 is 0 Å². The summed E-state index contributed by atoms with van der Waals surface area (Å²) < 4.78 is 0. The number of piperazine rings is 1. The predicted octanol–water partition coefficient (Wildman–Crippen LogP) is 0.139. The molecule has 0 aromatic heterocycles. The Hall–Kier alpha value is -0.380. The largest absolute Gasteiger partial charge is 0.329 e. The van der Waals surface area contributed by atoms with Gasteiger partial charge in [0.05, 0.1) is 0 Å². The third kappa shape index (κ3) is 3.89.